The molecule has 1 aromatic heterocycles. The first kappa shape index (κ1) is 21.2. The highest BCUT2D eigenvalue weighted by atomic mass is 19.1. The van der Waals surface area contributed by atoms with Gasteiger partial charge in [-0.1, -0.05) is 18.2 Å². The van der Waals surface area contributed by atoms with Crippen LogP contribution in [0, 0.1) is 12.7 Å². The molecule has 0 atom stereocenters. The number of amides is 1. The number of halogens is 1. The van der Waals surface area contributed by atoms with Crippen molar-refractivity contribution in [3.05, 3.63) is 53.5 Å². The Bertz CT molecular complexity index is 837. The van der Waals surface area contributed by atoms with Gasteiger partial charge in [0.1, 0.15) is 12.4 Å². The number of carbonyl (C=O) groups is 1. The zero-order chi connectivity index (χ0) is 20.7. The van der Waals surface area contributed by atoms with Crippen LogP contribution in [0.2, 0.25) is 0 Å². The molecule has 0 spiro atoms. The second kappa shape index (κ2) is 9.80. The number of carbonyl (C=O) groups excluding carboxylic acids is 1. The van der Waals surface area contributed by atoms with Crippen molar-refractivity contribution in [2.75, 3.05) is 38.4 Å². The van der Waals surface area contributed by atoms with Gasteiger partial charge in [0.2, 0.25) is 11.8 Å². The molecule has 0 unspecified atom stereocenters. The number of pyridine rings is 1. The minimum atomic E-state index is -0.968. The maximum atomic E-state index is 14.5. The van der Waals surface area contributed by atoms with E-state index in [9.17, 15) is 9.18 Å². The number of benzene rings is 1. The highest BCUT2D eigenvalue weighted by molar-refractivity contribution is 5.99. The van der Waals surface area contributed by atoms with E-state index in [0.717, 1.165) is 5.56 Å². The minimum Gasteiger partial charge on any atom is -0.475 e. The molecule has 0 aliphatic carbocycles. The Morgan fingerprint density at radius 3 is 2.72 bits per heavy atom. The number of aryl methyl sites for hydroxylation is 1. The Kier molecular flexibility index (Phi) is 7.17. The maximum absolute atomic E-state index is 14.5. The molecule has 1 aliphatic rings. The van der Waals surface area contributed by atoms with Gasteiger partial charge in [0, 0.05) is 30.9 Å². The first-order valence-electron chi connectivity index (χ1n) is 9.88. The molecule has 3 rings (SSSR count). The van der Waals surface area contributed by atoms with Gasteiger partial charge in [-0.05, 0) is 38.8 Å². The van der Waals surface area contributed by atoms with E-state index in [1.165, 1.54) is 6.07 Å². The zero-order valence-corrected chi connectivity index (χ0v) is 16.9. The lowest BCUT2D eigenvalue weighted by molar-refractivity contribution is -0.125. The molecule has 2 heterocycles. The van der Waals surface area contributed by atoms with Crippen molar-refractivity contribution in [1.82, 2.24) is 4.98 Å². The Morgan fingerprint density at radius 2 is 2.03 bits per heavy atom. The number of aromatic nitrogens is 1. The number of hydrogen-bond donors (Lipinski definition) is 1. The van der Waals surface area contributed by atoms with Crippen LogP contribution in [-0.4, -0.2) is 43.9 Å². The average molecular weight is 402 g/mol. The molecule has 156 valence electrons. The largest absolute Gasteiger partial charge is 0.475 e. The molecule has 2 aromatic rings. The standard InChI is InChI=1S/C22H27FN2O4/c1-3-27-12-13-29-20-16(2)14-17(15-24-20)25-21(26)22(8-10-28-11-9-22)18-6-4-5-7-19(18)23/h4-7,14-15H,3,8-13H2,1-2H3,(H,25,26). The van der Waals surface area contributed by atoms with Gasteiger partial charge in [0.15, 0.2) is 0 Å². The van der Waals surface area contributed by atoms with E-state index >= 15 is 0 Å². The van der Waals surface area contributed by atoms with Crippen molar-refractivity contribution in [3.63, 3.8) is 0 Å². The van der Waals surface area contributed by atoms with Crippen LogP contribution in [0.4, 0.5) is 10.1 Å². The van der Waals surface area contributed by atoms with E-state index in [1.807, 2.05) is 13.8 Å². The van der Waals surface area contributed by atoms with E-state index < -0.39 is 5.41 Å². The fourth-order valence-electron chi connectivity index (χ4n) is 3.56. The van der Waals surface area contributed by atoms with E-state index in [0.29, 0.717) is 63.0 Å². The second-order valence-corrected chi connectivity index (χ2v) is 7.02. The highest BCUT2D eigenvalue weighted by Crippen LogP contribution is 2.37. The summed E-state index contributed by atoms with van der Waals surface area (Å²) in [5, 5.41) is 2.92. The predicted octanol–water partition coefficient (Wildman–Crippen LogP) is 3.63. The second-order valence-electron chi connectivity index (χ2n) is 7.02. The van der Waals surface area contributed by atoms with Gasteiger partial charge in [-0.3, -0.25) is 4.79 Å². The Labute approximate surface area is 170 Å². The van der Waals surface area contributed by atoms with Crippen LogP contribution in [0.15, 0.2) is 36.5 Å². The number of nitrogens with zero attached hydrogens (tertiary/aromatic N) is 1. The third-order valence-electron chi connectivity index (χ3n) is 5.13. The molecule has 29 heavy (non-hydrogen) atoms. The summed E-state index contributed by atoms with van der Waals surface area (Å²) in [6, 6.07) is 8.25. The average Bonchev–Trinajstić information content (AvgIpc) is 2.73. The van der Waals surface area contributed by atoms with Crippen LogP contribution in [0.3, 0.4) is 0 Å². The molecule has 1 N–H and O–H groups in total. The van der Waals surface area contributed by atoms with Crippen LogP contribution < -0.4 is 10.1 Å². The molecule has 1 aromatic carbocycles. The highest BCUT2D eigenvalue weighted by Gasteiger charge is 2.43. The molecule has 6 nitrogen and oxygen atoms in total. The third-order valence-corrected chi connectivity index (χ3v) is 5.13. The van der Waals surface area contributed by atoms with Crippen molar-refractivity contribution in [2.45, 2.75) is 32.1 Å². The molecule has 7 heteroatoms. The number of rotatable bonds is 8. The van der Waals surface area contributed by atoms with Crippen molar-refractivity contribution < 1.29 is 23.4 Å². The molecule has 1 aliphatic heterocycles. The first-order chi connectivity index (χ1) is 14.1. The summed E-state index contributed by atoms with van der Waals surface area (Å²) < 4.78 is 30.8. The zero-order valence-electron chi connectivity index (χ0n) is 16.9. The van der Waals surface area contributed by atoms with Gasteiger partial charge in [0.25, 0.3) is 0 Å². The van der Waals surface area contributed by atoms with Crippen LogP contribution in [0.5, 0.6) is 5.88 Å². The van der Waals surface area contributed by atoms with Gasteiger partial charge in [-0.25, -0.2) is 9.37 Å². The van der Waals surface area contributed by atoms with Crippen LogP contribution in [-0.2, 0) is 19.7 Å². The predicted molar refractivity (Wildman–Crippen MR) is 108 cm³/mol. The summed E-state index contributed by atoms with van der Waals surface area (Å²) >= 11 is 0. The van der Waals surface area contributed by atoms with E-state index in [2.05, 4.69) is 10.3 Å². The first-order valence-corrected chi connectivity index (χ1v) is 9.88. The maximum Gasteiger partial charge on any atom is 0.235 e. The number of hydrogen-bond acceptors (Lipinski definition) is 5. The Morgan fingerprint density at radius 1 is 1.28 bits per heavy atom. The summed E-state index contributed by atoms with van der Waals surface area (Å²) in [6.07, 6.45) is 2.39. The lowest BCUT2D eigenvalue weighted by Gasteiger charge is -2.36. The van der Waals surface area contributed by atoms with Crippen molar-refractivity contribution >= 4 is 11.6 Å². The Hall–Kier alpha value is -2.51. The molecule has 0 bridgehead atoms. The van der Waals surface area contributed by atoms with Crippen molar-refractivity contribution in [2.24, 2.45) is 0 Å². The van der Waals surface area contributed by atoms with Gasteiger partial charge < -0.3 is 19.5 Å². The molecule has 1 saturated heterocycles. The summed E-state index contributed by atoms with van der Waals surface area (Å²) in [5.41, 5.74) is 0.781. The summed E-state index contributed by atoms with van der Waals surface area (Å²) in [5.74, 6) is -0.133. The third kappa shape index (κ3) is 4.92. The molecule has 0 radical (unpaired) electrons. The van der Waals surface area contributed by atoms with Gasteiger partial charge >= 0.3 is 0 Å². The van der Waals surface area contributed by atoms with Crippen LogP contribution >= 0.6 is 0 Å². The summed E-state index contributed by atoms with van der Waals surface area (Å²) in [7, 11) is 0. The van der Waals surface area contributed by atoms with Crippen LogP contribution in [0.1, 0.15) is 30.9 Å². The van der Waals surface area contributed by atoms with Crippen LogP contribution in [0.25, 0.3) is 0 Å². The van der Waals surface area contributed by atoms with Gasteiger partial charge in [-0.15, -0.1) is 0 Å². The molecular formula is C22H27FN2O4. The minimum absolute atomic E-state index is 0.253. The van der Waals surface area contributed by atoms with E-state index in [4.69, 9.17) is 14.2 Å². The smallest absolute Gasteiger partial charge is 0.235 e. The number of anilines is 1. The lowest BCUT2D eigenvalue weighted by atomic mass is 9.73. The van der Waals surface area contributed by atoms with Gasteiger partial charge in [-0.2, -0.15) is 0 Å². The molecule has 1 fully saturated rings. The summed E-state index contributed by atoms with van der Waals surface area (Å²) in [6.45, 7) is 6.13. The van der Waals surface area contributed by atoms with Crippen molar-refractivity contribution in [1.29, 1.82) is 0 Å². The fourth-order valence-corrected chi connectivity index (χ4v) is 3.56. The topological polar surface area (TPSA) is 69.7 Å². The SMILES string of the molecule is CCOCCOc1ncc(NC(=O)C2(c3ccccc3F)CCOCC2)cc1C. The normalized spacial score (nSPS) is 15.7. The lowest BCUT2D eigenvalue weighted by Crippen LogP contribution is -2.45. The van der Waals surface area contributed by atoms with E-state index in [-0.39, 0.29) is 11.7 Å². The summed E-state index contributed by atoms with van der Waals surface area (Å²) in [4.78, 5) is 17.6. The monoisotopic (exact) mass is 402 g/mol. The molecule has 0 saturated carbocycles. The number of nitrogens with one attached hydrogen (secondary N) is 1. The Balaban J connectivity index is 1.76. The fraction of sp³-hybridized carbons (Fsp3) is 0.455. The molecule has 1 amide bonds. The van der Waals surface area contributed by atoms with Crippen molar-refractivity contribution in [3.8, 4) is 5.88 Å². The molecular weight excluding hydrogens is 375 g/mol. The number of ether oxygens (including phenoxy) is 3. The van der Waals surface area contributed by atoms with Gasteiger partial charge in [0.05, 0.1) is 23.9 Å². The van der Waals surface area contributed by atoms with E-state index in [1.54, 1.807) is 30.5 Å². The quantitative estimate of drug-likeness (QED) is 0.683.